The van der Waals surface area contributed by atoms with Crippen molar-refractivity contribution in [2.24, 2.45) is 0 Å². The van der Waals surface area contributed by atoms with E-state index >= 15 is 0 Å². The van der Waals surface area contributed by atoms with E-state index in [1.54, 1.807) is 18.3 Å². The zero-order chi connectivity index (χ0) is 15.4. The third kappa shape index (κ3) is 3.22. The van der Waals surface area contributed by atoms with Crippen LogP contribution in [0.5, 0.6) is 0 Å². The third-order valence-corrected chi connectivity index (χ3v) is 3.91. The van der Waals surface area contributed by atoms with E-state index in [-0.39, 0.29) is 11.5 Å². The topological polar surface area (TPSA) is 58.6 Å². The summed E-state index contributed by atoms with van der Waals surface area (Å²) in [5, 5.41) is 0.544. The predicted octanol–water partition coefficient (Wildman–Crippen LogP) is 3.44. The number of H-pyrrole nitrogens is 1. The van der Waals surface area contributed by atoms with Gasteiger partial charge in [0.25, 0.3) is 5.56 Å². The van der Waals surface area contributed by atoms with Crippen molar-refractivity contribution < 1.29 is 0 Å². The third-order valence-electron chi connectivity index (χ3n) is 3.91. The average molecular weight is 293 g/mol. The molecule has 1 aromatic carbocycles. The van der Waals surface area contributed by atoms with Gasteiger partial charge in [-0.05, 0) is 37.0 Å². The number of fused-ring (bicyclic) bond motifs is 1. The molecule has 1 atom stereocenters. The summed E-state index contributed by atoms with van der Waals surface area (Å²) in [5.74, 6) is 0.937. The summed E-state index contributed by atoms with van der Waals surface area (Å²) in [7, 11) is 0. The maximum Gasteiger partial charge on any atom is 0.260 e. The van der Waals surface area contributed by atoms with Crippen molar-refractivity contribution >= 4 is 11.0 Å². The lowest BCUT2D eigenvalue weighted by Crippen LogP contribution is -2.14. The van der Waals surface area contributed by atoms with Gasteiger partial charge in [-0.15, -0.1) is 0 Å². The highest BCUT2D eigenvalue weighted by Crippen LogP contribution is 2.18. The number of hydrogen-bond donors (Lipinski definition) is 1. The standard InChI is InChI=1S/C18H19N3O/c1-13(7-5-10-14-8-3-2-4-9-14)16-20-17-15(18(22)21-16)11-6-12-19-17/h2-4,6,8-9,11-13H,5,7,10H2,1H3,(H,19,20,21,22). The molecule has 4 nitrogen and oxygen atoms in total. The van der Waals surface area contributed by atoms with Crippen LogP contribution < -0.4 is 5.56 Å². The molecule has 0 bridgehead atoms. The number of rotatable bonds is 5. The van der Waals surface area contributed by atoms with Crippen molar-refractivity contribution in [3.8, 4) is 0 Å². The molecule has 2 aromatic heterocycles. The number of aromatic nitrogens is 3. The number of benzene rings is 1. The zero-order valence-corrected chi connectivity index (χ0v) is 12.6. The number of hydrogen-bond acceptors (Lipinski definition) is 3. The molecule has 22 heavy (non-hydrogen) atoms. The fraction of sp³-hybridized carbons (Fsp3) is 0.278. The van der Waals surface area contributed by atoms with Crippen LogP contribution in [-0.4, -0.2) is 15.0 Å². The quantitative estimate of drug-likeness (QED) is 0.784. The van der Waals surface area contributed by atoms with Crippen molar-refractivity contribution in [1.82, 2.24) is 15.0 Å². The SMILES string of the molecule is CC(CCCc1ccccc1)c1nc2ncccc2c(=O)[nH]1. The van der Waals surface area contributed by atoms with E-state index in [4.69, 9.17) is 0 Å². The Hall–Kier alpha value is -2.49. The number of pyridine rings is 1. The smallest absolute Gasteiger partial charge is 0.260 e. The van der Waals surface area contributed by atoms with E-state index in [0.29, 0.717) is 11.0 Å². The molecular weight excluding hydrogens is 274 g/mol. The number of aryl methyl sites for hydroxylation is 1. The van der Waals surface area contributed by atoms with E-state index < -0.39 is 0 Å². The fourth-order valence-corrected chi connectivity index (χ4v) is 2.62. The highest BCUT2D eigenvalue weighted by molar-refractivity contribution is 5.72. The highest BCUT2D eigenvalue weighted by Gasteiger charge is 2.11. The van der Waals surface area contributed by atoms with Crippen LogP contribution in [0.15, 0.2) is 53.5 Å². The van der Waals surface area contributed by atoms with Gasteiger partial charge in [-0.25, -0.2) is 9.97 Å². The van der Waals surface area contributed by atoms with Crippen LogP contribution in [-0.2, 0) is 6.42 Å². The molecule has 0 radical (unpaired) electrons. The van der Waals surface area contributed by atoms with Gasteiger partial charge in [0.1, 0.15) is 5.82 Å². The Labute approximate surface area is 129 Å². The molecular formula is C18H19N3O. The summed E-state index contributed by atoms with van der Waals surface area (Å²) in [6.45, 7) is 2.10. The molecule has 1 N–H and O–H groups in total. The van der Waals surface area contributed by atoms with Crippen LogP contribution in [0.1, 0.15) is 37.1 Å². The average Bonchev–Trinajstić information content (AvgIpc) is 2.56. The molecule has 0 saturated heterocycles. The van der Waals surface area contributed by atoms with Gasteiger partial charge in [0.2, 0.25) is 0 Å². The van der Waals surface area contributed by atoms with Crippen LogP contribution in [0, 0.1) is 0 Å². The van der Waals surface area contributed by atoms with Crippen molar-refractivity contribution in [1.29, 1.82) is 0 Å². The molecule has 0 aliphatic heterocycles. The maximum absolute atomic E-state index is 12.1. The molecule has 4 heteroatoms. The minimum atomic E-state index is -0.108. The monoisotopic (exact) mass is 293 g/mol. The van der Waals surface area contributed by atoms with E-state index in [9.17, 15) is 4.79 Å². The van der Waals surface area contributed by atoms with Crippen molar-refractivity contribution in [3.63, 3.8) is 0 Å². The molecule has 3 aromatic rings. The number of nitrogens with zero attached hydrogens (tertiary/aromatic N) is 2. The normalized spacial score (nSPS) is 12.4. The second-order valence-corrected chi connectivity index (χ2v) is 5.60. The molecule has 0 fully saturated rings. The molecule has 0 aliphatic rings. The predicted molar refractivity (Wildman–Crippen MR) is 88.0 cm³/mol. The lowest BCUT2D eigenvalue weighted by Gasteiger charge is -2.11. The zero-order valence-electron chi connectivity index (χ0n) is 12.6. The summed E-state index contributed by atoms with van der Waals surface area (Å²) < 4.78 is 0. The summed E-state index contributed by atoms with van der Waals surface area (Å²) in [4.78, 5) is 23.6. The molecule has 1 unspecified atom stereocenters. The van der Waals surface area contributed by atoms with Crippen molar-refractivity contribution in [3.05, 3.63) is 70.4 Å². The fourth-order valence-electron chi connectivity index (χ4n) is 2.62. The first kappa shape index (κ1) is 14.4. The Morgan fingerprint density at radius 1 is 1.14 bits per heavy atom. The Morgan fingerprint density at radius 3 is 2.77 bits per heavy atom. The van der Waals surface area contributed by atoms with Gasteiger partial charge in [0, 0.05) is 12.1 Å². The lowest BCUT2D eigenvalue weighted by atomic mass is 10.0. The van der Waals surface area contributed by atoms with Gasteiger partial charge in [-0.1, -0.05) is 37.3 Å². The first-order valence-corrected chi connectivity index (χ1v) is 7.63. The molecule has 0 aliphatic carbocycles. The van der Waals surface area contributed by atoms with E-state index in [1.807, 2.05) is 6.07 Å². The number of nitrogens with one attached hydrogen (secondary N) is 1. The maximum atomic E-state index is 12.1. The molecule has 112 valence electrons. The van der Waals surface area contributed by atoms with Crippen molar-refractivity contribution in [2.45, 2.75) is 32.1 Å². The summed E-state index contributed by atoms with van der Waals surface area (Å²) in [6.07, 6.45) is 4.76. The summed E-state index contributed by atoms with van der Waals surface area (Å²) >= 11 is 0. The van der Waals surface area contributed by atoms with Crippen LogP contribution >= 0.6 is 0 Å². The van der Waals surface area contributed by atoms with E-state index in [1.165, 1.54) is 5.56 Å². The molecule has 3 rings (SSSR count). The molecule has 2 heterocycles. The summed E-state index contributed by atoms with van der Waals surface area (Å²) in [6, 6.07) is 13.9. The van der Waals surface area contributed by atoms with Crippen molar-refractivity contribution in [2.75, 3.05) is 0 Å². The lowest BCUT2D eigenvalue weighted by molar-refractivity contribution is 0.603. The van der Waals surface area contributed by atoms with Gasteiger partial charge in [-0.2, -0.15) is 0 Å². The molecule has 0 amide bonds. The number of aromatic amines is 1. The Kier molecular flexibility index (Phi) is 4.28. The minimum absolute atomic E-state index is 0.108. The Morgan fingerprint density at radius 2 is 1.95 bits per heavy atom. The van der Waals surface area contributed by atoms with Crippen LogP contribution in [0.4, 0.5) is 0 Å². The van der Waals surface area contributed by atoms with E-state index in [0.717, 1.165) is 25.1 Å². The van der Waals surface area contributed by atoms with Gasteiger partial charge >= 0.3 is 0 Å². The minimum Gasteiger partial charge on any atom is -0.310 e. The Bertz CT molecular complexity index is 811. The Balaban J connectivity index is 1.70. The van der Waals surface area contributed by atoms with Gasteiger partial charge in [-0.3, -0.25) is 4.79 Å². The summed E-state index contributed by atoms with van der Waals surface area (Å²) in [5.41, 5.74) is 1.76. The second-order valence-electron chi connectivity index (χ2n) is 5.60. The first-order chi connectivity index (χ1) is 10.7. The van der Waals surface area contributed by atoms with Crippen LogP contribution in [0.2, 0.25) is 0 Å². The highest BCUT2D eigenvalue weighted by atomic mass is 16.1. The van der Waals surface area contributed by atoms with Gasteiger partial charge in [0.15, 0.2) is 5.65 Å². The second kappa shape index (κ2) is 6.52. The van der Waals surface area contributed by atoms with Gasteiger partial charge in [0.05, 0.1) is 5.39 Å². The van der Waals surface area contributed by atoms with Crippen LogP contribution in [0.3, 0.4) is 0 Å². The molecule has 0 spiro atoms. The van der Waals surface area contributed by atoms with E-state index in [2.05, 4.69) is 46.1 Å². The molecule has 0 saturated carbocycles. The van der Waals surface area contributed by atoms with Gasteiger partial charge < -0.3 is 4.98 Å². The first-order valence-electron chi connectivity index (χ1n) is 7.63. The largest absolute Gasteiger partial charge is 0.310 e. The van der Waals surface area contributed by atoms with Crippen LogP contribution in [0.25, 0.3) is 11.0 Å².